The van der Waals surface area contributed by atoms with Crippen molar-refractivity contribution in [1.29, 1.82) is 0 Å². The zero-order chi connectivity index (χ0) is 13.9. The van der Waals surface area contributed by atoms with Crippen LogP contribution in [0.2, 0.25) is 0 Å². The maximum atomic E-state index is 13.6. The van der Waals surface area contributed by atoms with Gasteiger partial charge in [-0.3, -0.25) is 0 Å². The summed E-state index contributed by atoms with van der Waals surface area (Å²) < 4.78 is 20.5. The van der Waals surface area contributed by atoms with Crippen LogP contribution >= 0.6 is 0 Å². The van der Waals surface area contributed by atoms with Gasteiger partial charge in [-0.1, -0.05) is 0 Å². The van der Waals surface area contributed by atoms with Crippen molar-refractivity contribution in [2.75, 3.05) is 13.2 Å². The summed E-state index contributed by atoms with van der Waals surface area (Å²) in [5.74, 6) is 0.333. The van der Waals surface area contributed by atoms with Crippen molar-refractivity contribution >= 4 is 5.65 Å². The number of imidazole rings is 1. The molecule has 0 spiro atoms. The van der Waals surface area contributed by atoms with Crippen LogP contribution in [0.1, 0.15) is 0 Å². The lowest BCUT2D eigenvalue weighted by Crippen LogP contribution is -2.01. The Bertz CT molecular complexity index is 722. The van der Waals surface area contributed by atoms with E-state index in [0.717, 1.165) is 5.56 Å². The smallest absolute Gasteiger partial charge is 0.173 e. The van der Waals surface area contributed by atoms with Crippen LogP contribution < -0.4 is 4.74 Å². The number of pyridine rings is 1. The summed E-state index contributed by atoms with van der Waals surface area (Å²) in [6.07, 6.45) is 3.54. The molecule has 0 aliphatic heterocycles. The molecular weight excluding hydrogens is 259 g/mol. The molecule has 0 aliphatic rings. The van der Waals surface area contributed by atoms with Gasteiger partial charge >= 0.3 is 0 Å². The van der Waals surface area contributed by atoms with Gasteiger partial charge in [0.05, 0.1) is 12.3 Å². The Labute approximate surface area is 115 Å². The monoisotopic (exact) mass is 272 g/mol. The molecule has 0 fully saturated rings. The van der Waals surface area contributed by atoms with Crippen molar-refractivity contribution in [2.24, 2.45) is 0 Å². The van der Waals surface area contributed by atoms with Crippen LogP contribution in [0.15, 0.2) is 48.8 Å². The summed E-state index contributed by atoms with van der Waals surface area (Å²) in [5.41, 5.74) is 1.89. The standard InChI is InChI=1S/C15H13FN2O2/c16-13-2-1-7-18-10-14(17-15(13)18)11-3-5-12(6-4-11)20-9-8-19/h1-7,10,19H,8-9H2. The molecule has 1 aromatic carbocycles. The molecule has 0 bridgehead atoms. The first-order chi connectivity index (χ1) is 9.78. The summed E-state index contributed by atoms with van der Waals surface area (Å²) in [4.78, 5) is 4.28. The third kappa shape index (κ3) is 2.35. The number of aliphatic hydroxyl groups excluding tert-OH is 1. The number of benzene rings is 1. The van der Waals surface area contributed by atoms with E-state index in [1.807, 2.05) is 12.1 Å². The minimum Gasteiger partial charge on any atom is -0.491 e. The number of hydrogen-bond acceptors (Lipinski definition) is 3. The van der Waals surface area contributed by atoms with E-state index in [9.17, 15) is 4.39 Å². The van der Waals surface area contributed by atoms with E-state index in [1.54, 1.807) is 35.0 Å². The first-order valence-electron chi connectivity index (χ1n) is 6.25. The van der Waals surface area contributed by atoms with E-state index < -0.39 is 0 Å². The topological polar surface area (TPSA) is 46.8 Å². The van der Waals surface area contributed by atoms with Crippen molar-refractivity contribution in [3.8, 4) is 17.0 Å². The lowest BCUT2D eigenvalue weighted by molar-refractivity contribution is 0.201. The molecule has 20 heavy (non-hydrogen) atoms. The van der Waals surface area contributed by atoms with Crippen molar-refractivity contribution in [2.45, 2.75) is 0 Å². The highest BCUT2D eigenvalue weighted by Crippen LogP contribution is 2.23. The Morgan fingerprint density at radius 3 is 2.70 bits per heavy atom. The zero-order valence-electron chi connectivity index (χ0n) is 10.7. The molecule has 4 nitrogen and oxygen atoms in total. The maximum absolute atomic E-state index is 13.6. The number of aromatic nitrogens is 2. The second-order valence-electron chi connectivity index (χ2n) is 4.31. The highest BCUT2D eigenvalue weighted by atomic mass is 19.1. The normalized spacial score (nSPS) is 10.9. The zero-order valence-corrected chi connectivity index (χ0v) is 10.7. The average Bonchev–Trinajstić information content (AvgIpc) is 2.91. The predicted molar refractivity (Wildman–Crippen MR) is 73.2 cm³/mol. The van der Waals surface area contributed by atoms with E-state index in [1.165, 1.54) is 6.07 Å². The molecule has 102 valence electrons. The summed E-state index contributed by atoms with van der Waals surface area (Å²) >= 11 is 0. The van der Waals surface area contributed by atoms with Crippen LogP contribution in [0.25, 0.3) is 16.9 Å². The fourth-order valence-corrected chi connectivity index (χ4v) is 2.00. The molecule has 0 saturated carbocycles. The SMILES string of the molecule is OCCOc1ccc(-c2cn3cccc(F)c3n2)cc1. The quantitative estimate of drug-likeness (QED) is 0.793. The molecule has 0 unspecified atom stereocenters. The van der Waals surface area contributed by atoms with Gasteiger partial charge in [-0.2, -0.15) is 0 Å². The molecule has 0 atom stereocenters. The van der Waals surface area contributed by atoms with E-state index >= 15 is 0 Å². The van der Waals surface area contributed by atoms with Gasteiger partial charge in [0.1, 0.15) is 12.4 Å². The second-order valence-corrected chi connectivity index (χ2v) is 4.31. The Hall–Kier alpha value is -2.40. The lowest BCUT2D eigenvalue weighted by Gasteiger charge is -2.04. The first kappa shape index (κ1) is 12.6. The molecule has 5 heteroatoms. The van der Waals surface area contributed by atoms with Gasteiger partial charge in [0.25, 0.3) is 0 Å². The number of fused-ring (bicyclic) bond motifs is 1. The number of halogens is 1. The Morgan fingerprint density at radius 2 is 2.00 bits per heavy atom. The molecule has 0 aliphatic carbocycles. The van der Waals surface area contributed by atoms with Crippen molar-refractivity contribution in [3.05, 3.63) is 54.6 Å². The summed E-state index contributed by atoms with van der Waals surface area (Å²) in [7, 11) is 0. The van der Waals surface area contributed by atoms with Crippen LogP contribution in [-0.4, -0.2) is 27.7 Å². The van der Waals surface area contributed by atoms with E-state index in [-0.39, 0.29) is 19.0 Å². The Kier molecular flexibility index (Phi) is 3.35. The molecule has 1 N–H and O–H groups in total. The fraction of sp³-hybridized carbons (Fsp3) is 0.133. The van der Waals surface area contributed by atoms with Gasteiger partial charge in [-0.15, -0.1) is 0 Å². The number of nitrogens with zero attached hydrogens (tertiary/aromatic N) is 2. The lowest BCUT2D eigenvalue weighted by atomic mass is 10.2. The molecule has 0 radical (unpaired) electrons. The van der Waals surface area contributed by atoms with E-state index in [0.29, 0.717) is 17.1 Å². The first-order valence-corrected chi connectivity index (χ1v) is 6.25. The van der Waals surface area contributed by atoms with Gasteiger partial charge in [0.15, 0.2) is 11.5 Å². The number of hydrogen-bond donors (Lipinski definition) is 1. The molecule has 0 amide bonds. The van der Waals surface area contributed by atoms with Crippen LogP contribution in [-0.2, 0) is 0 Å². The third-order valence-electron chi connectivity index (χ3n) is 2.95. The molecule has 3 aromatic rings. The van der Waals surface area contributed by atoms with Gasteiger partial charge in [0, 0.05) is 18.0 Å². The second kappa shape index (κ2) is 5.30. The number of ether oxygens (including phenoxy) is 1. The van der Waals surface area contributed by atoms with Crippen LogP contribution in [0.4, 0.5) is 4.39 Å². The summed E-state index contributed by atoms with van der Waals surface area (Å²) in [6.45, 7) is 0.242. The molecule has 3 rings (SSSR count). The van der Waals surface area contributed by atoms with Gasteiger partial charge in [-0.25, -0.2) is 9.37 Å². The van der Waals surface area contributed by atoms with Crippen LogP contribution in [0.3, 0.4) is 0 Å². The minimum absolute atomic E-state index is 0.0204. The van der Waals surface area contributed by atoms with Crippen LogP contribution in [0, 0.1) is 5.82 Å². The van der Waals surface area contributed by atoms with E-state index in [4.69, 9.17) is 9.84 Å². The summed E-state index contributed by atoms with van der Waals surface area (Å²) in [6, 6.07) is 10.3. The molecule has 0 saturated heterocycles. The van der Waals surface area contributed by atoms with Gasteiger partial charge in [0.2, 0.25) is 0 Å². The van der Waals surface area contributed by atoms with Crippen molar-refractivity contribution < 1.29 is 14.2 Å². The van der Waals surface area contributed by atoms with Crippen molar-refractivity contribution in [3.63, 3.8) is 0 Å². The van der Waals surface area contributed by atoms with E-state index in [2.05, 4.69) is 4.98 Å². The van der Waals surface area contributed by atoms with Crippen LogP contribution in [0.5, 0.6) is 5.75 Å². The highest BCUT2D eigenvalue weighted by molar-refractivity contribution is 5.63. The Morgan fingerprint density at radius 1 is 1.20 bits per heavy atom. The highest BCUT2D eigenvalue weighted by Gasteiger charge is 2.07. The summed E-state index contributed by atoms with van der Waals surface area (Å²) in [5, 5.41) is 8.69. The molecule has 2 aromatic heterocycles. The number of rotatable bonds is 4. The minimum atomic E-state index is -0.346. The maximum Gasteiger partial charge on any atom is 0.173 e. The number of aliphatic hydroxyl groups is 1. The predicted octanol–water partition coefficient (Wildman–Crippen LogP) is 2.51. The van der Waals surface area contributed by atoms with Crippen molar-refractivity contribution in [1.82, 2.24) is 9.38 Å². The van der Waals surface area contributed by atoms with Gasteiger partial charge in [-0.05, 0) is 36.4 Å². The largest absolute Gasteiger partial charge is 0.491 e. The molecule has 2 heterocycles. The Balaban J connectivity index is 1.92. The fourth-order valence-electron chi connectivity index (χ4n) is 2.00. The average molecular weight is 272 g/mol. The molecular formula is C15H13FN2O2. The van der Waals surface area contributed by atoms with Gasteiger partial charge < -0.3 is 14.2 Å². The third-order valence-corrected chi connectivity index (χ3v) is 2.95.